The van der Waals surface area contributed by atoms with Crippen molar-refractivity contribution in [3.8, 4) is 0 Å². The second-order valence-corrected chi connectivity index (χ2v) is 9.38. The first kappa shape index (κ1) is 21.3. The van der Waals surface area contributed by atoms with Crippen molar-refractivity contribution in [2.75, 3.05) is 36.4 Å². The molecular formula is C27H25N3O2S. The Morgan fingerprint density at radius 3 is 2.39 bits per heavy atom. The van der Waals surface area contributed by atoms with Gasteiger partial charge in [-0.05, 0) is 48.9 Å². The van der Waals surface area contributed by atoms with Crippen LogP contribution in [0.25, 0.3) is 6.08 Å². The van der Waals surface area contributed by atoms with Gasteiger partial charge in [0.2, 0.25) is 0 Å². The fraction of sp³-hybridized carbons (Fsp3) is 0.185. The molecule has 0 bridgehead atoms. The summed E-state index contributed by atoms with van der Waals surface area (Å²) >= 11 is 1.44. The van der Waals surface area contributed by atoms with E-state index in [1.54, 1.807) is 6.07 Å². The molecule has 0 atom stereocenters. The molecule has 2 aliphatic heterocycles. The average Bonchev–Trinajstić information content (AvgIpc) is 2.86. The second-order valence-electron chi connectivity index (χ2n) is 8.30. The van der Waals surface area contributed by atoms with E-state index in [9.17, 15) is 9.59 Å². The van der Waals surface area contributed by atoms with Gasteiger partial charge < -0.3 is 15.1 Å². The maximum Gasteiger partial charge on any atom is 0.262 e. The molecule has 2 aliphatic rings. The molecule has 1 saturated heterocycles. The predicted octanol–water partition coefficient (Wildman–Crippen LogP) is 5.04. The van der Waals surface area contributed by atoms with Crippen molar-refractivity contribution in [3.63, 3.8) is 0 Å². The van der Waals surface area contributed by atoms with E-state index in [0.29, 0.717) is 29.2 Å². The van der Waals surface area contributed by atoms with Gasteiger partial charge in [0.25, 0.3) is 11.8 Å². The van der Waals surface area contributed by atoms with E-state index < -0.39 is 0 Å². The Morgan fingerprint density at radius 2 is 1.67 bits per heavy atom. The number of carbonyl (C=O) groups is 2. The Morgan fingerprint density at radius 1 is 0.939 bits per heavy atom. The summed E-state index contributed by atoms with van der Waals surface area (Å²) in [4.78, 5) is 31.6. The van der Waals surface area contributed by atoms with Gasteiger partial charge in [-0.1, -0.05) is 59.8 Å². The number of nitrogens with one attached hydrogen (secondary N) is 1. The second kappa shape index (κ2) is 9.16. The molecule has 0 aromatic heterocycles. The molecule has 33 heavy (non-hydrogen) atoms. The third kappa shape index (κ3) is 4.66. The highest BCUT2D eigenvalue weighted by atomic mass is 32.2. The minimum Gasteiger partial charge on any atom is -0.368 e. The topological polar surface area (TPSA) is 52.7 Å². The van der Waals surface area contributed by atoms with Crippen LogP contribution >= 0.6 is 11.8 Å². The summed E-state index contributed by atoms with van der Waals surface area (Å²) < 4.78 is 0. The zero-order valence-corrected chi connectivity index (χ0v) is 19.3. The summed E-state index contributed by atoms with van der Waals surface area (Å²) in [5.41, 5.74) is 4.66. The zero-order valence-electron chi connectivity index (χ0n) is 18.5. The van der Waals surface area contributed by atoms with E-state index in [2.05, 4.69) is 22.3 Å². The lowest BCUT2D eigenvalue weighted by Gasteiger charge is -2.36. The van der Waals surface area contributed by atoms with Crippen molar-refractivity contribution < 1.29 is 9.59 Å². The summed E-state index contributed by atoms with van der Waals surface area (Å²) in [6.45, 7) is 5.00. The molecule has 1 fully saturated rings. The first-order valence-electron chi connectivity index (χ1n) is 11.1. The molecular weight excluding hydrogens is 430 g/mol. The van der Waals surface area contributed by atoms with Gasteiger partial charge >= 0.3 is 0 Å². The van der Waals surface area contributed by atoms with E-state index in [1.165, 1.54) is 23.0 Å². The molecule has 0 saturated carbocycles. The van der Waals surface area contributed by atoms with Gasteiger partial charge in [0.15, 0.2) is 0 Å². The zero-order chi connectivity index (χ0) is 22.8. The summed E-state index contributed by atoms with van der Waals surface area (Å²) in [6.07, 6.45) is 1.90. The Bertz CT molecular complexity index is 1210. The summed E-state index contributed by atoms with van der Waals surface area (Å²) in [5, 5.41) is 2.96. The largest absolute Gasteiger partial charge is 0.368 e. The molecule has 3 aromatic rings. The van der Waals surface area contributed by atoms with Gasteiger partial charge in [-0.15, -0.1) is 0 Å². The quantitative estimate of drug-likeness (QED) is 0.562. The Kier molecular flexibility index (Phi) is 5.92. The van der Waals surface area contributed by atoms with Crippen LogP contribution in [0.2, 0.25) is 0 Å². The van der Waals surface area contributed by atoms with Crippen LogP contribution in [0.15, 0.2) is 82.6 Å². The number of nitrogens with zero attached hydrogens (tertiary/aromatic N) is 2. The molecule has 0 radical (unpaired) electrons. The van der Waals surface area contributed by atoms with Crippen molar-refractivity contribution in [2.45, 2.75) is 11.8 Å². The maximum absolute atomic E-state index is 13.1. The summed E-state index contributed by atoms with van der Waals surface area (Å²) in [5.74, 6) is -0.139. The number of benzene rings is 3. The molecule has 0 aliphatic carbocycles. The molecule has 5 nitrogen and oxygen atoms in total. The molecule has 6 heteroatoms. The standard InChI is InChI=1S/C27H25N3O2S/c1-19-7-9-20(10-8-19)17-25-26(31)28-23-18-21(11-12-24(23)33-25)27(32)30-15-13-29(14-16-30)22-5-3-2-4-6-22/h2-12,17-18H,13-16H2,1H3,(H,28,31). The van der Waals surface area contributed by atoms with Crippen LogP contribution in [0.1, 0.15) is 21.5 Å². The van der Waals surface area contributed by atoms with E-state index in [-0.39, 0.29) is 11.8 Å². The highest BCUT2D eigenvalue weighted by Gasteiger charge is 2.25. The Balaban J connectivity index is 1.27. The third-order valence-electron chi connectivity index (χ3n) is 5.98. The normalized spacial score (nSPS) is 17.0. The lowest BCUT2D eigenvalue weighted by atomic mass is 10.1. The van der Waals surface area contributed by atoms with Gasteiger partial charge in [-0.2, -0.15) is 0 Å². The molecule has 2 amide bonds. The smallest absolute Gasteiger partial charge is 0.262 e. The molecule has 0 spiro atoms. The van der Waals surface area contributed by atoms with E-state index in [0.717, 1.165) is 23.5 Å². The fourth-order valence-corrected chi connectivity index (χ4v) is 5.03. The van der Waals surface area contributed by atoms with Crippen LogP contribution in [0.4, 0.5) is 11.4 Å². The fourth-order valence-electron chi connectivity index (χ4n) is 4.10. The SMILES string of the molecule is Cc1ccc(C=C2Sc3ccc(C(=O)N4CCN(c5ccccc5)CC4)cc3NC2=O)cc1. The van der Waals surface area contributed by atoms with E-state index in [4.69, 9.17) is 0 Å². The van der Waals surface area contributed by atoms with Gasteiger partial charge in [-0.3, -0.25) is 9.59 Å². The van der Waals surface area contributed by atoms with E-state index in [1.807, 2.05) is 72.5 Å². The number of fused-ring (bicyclic) bond motifs is 1. The number of piperazine rings is 1. The number of amides is 2. The Hall–Kier alpha value is -3.51. The van der Waals surface area contributed by atoms with Crippen LogP contribution in [0, 0.1) is 6.92 Å². The molecule has 166 valence electrons. The first-order valence-corrected chi connectivity index (χ1v) is 11.9. The molecule has 3 aromatic carbocycles. The van der Waals surface area contributed by atoms with Gasteiger partial charge in [-0.25, -0.2) is 0 Å². The predicted molar refractivity (Wildman–Crippen MR) is 135 cm³/mol. The van der Waals surface area contributed by atoms with Crippen LogP contribution in [-0.2, 0) is 4.79 Å². The van der Waals surface area contributed by atoms with Gasteiger partial charge in [0, 0.05) is 42.3 Å². The minimum absolute atomic E-state index is 0.00533. The number of para-hydroxylation sites is 1. The van der Waals surface area contributed by atoms with Crippen molar-refractivity contribution in [3.05, 3.63) is 94.4 Å². The maximum atomic E-state index is 13.1. The first-order chi connectivity index (χ1) is 16.1. The van der Waals surface area contributed by atoms with Crippen molar-refractivity contribution in [1.82, 2.24) is 4.90 Å². The van der Waals surface area contributed by atoms with Crippen molar-refractivity contribution >= 4 is 41.0 Å². The number of hydrogen-bond acceptors (Lipinski definition) is 4. The minimum atomic E-state index is -0.144. The molecule has 0 unspecified atom stereocenters. The van der Waals surface area contributed by atoms with Crippen LogP contribution in [-0.4, -0.2) is 42.9 Å². The number of rotatable bonds is 3. The van der Waals surface area contributed by atoms with Crippen LogP contribution < -0.4 is 10.2 Å². The van der Waals surface area contributed by atoms with Crippen molar-refractivity contribution in [1.29, 1.82) is 0 Å². The lowest BCUT2D eigenvalue weighted by molar-refractivity contribution is -0.112. The lowest BCUT2D eigenvalue weighted by Crippen LogP contribution is -2.48. The summed E-state index contributed by atoms with van der Waals surface area (Å²) in [6, 6.07) is 23.9. The van der Waals surface area contributed by atoms with Crippen LogP contribution in [0.3, 0.4) is 0 Å². The molecule has 1 N–H and O–H groups in total. The molecule has 2 heterocycles. The number of aryl methyl sites for hydroxylation is 1. The third-order valence-corrected chi connectivity index (χ3v) is 7.08. The number of hydrogen-bond donors (Lipinski definition) is 1. The van der Waals surface area contributed by atoms with E-state index >= 15 is 0 Å². The monoisotopic (exact) mass is 455 g/mol. The number of thioether (sulfide) groups is 1. The van der Waals surface area contributed by atoms with Crippen molar-refractivity contribution in [2.24, 2.45) is 0 Å². The highest BCUT2D eigenvalue weighted by Crippen LogP contribution is 2.39. The Labute approximate surface area is 198 Å². The van der Waals surface area contributed by atoms with Crippen LogP contribution in [0.5, 0.6) is 0 Å². The number of anilines is 2. The van der Waals surface area contributed by atoms with Gasteiger partial charge in [0.1, 0.15) is 0 Å². The number of carbonyl (C=O) groups excluding carboxylic acids is 2. The van der Waals surface area contributed by atoms with Gasteiger partial charge in [0.05, 0.1) is 10.6 Å². The summed E-state index contributed by atoms with van der Waals surface area (Å²) in [7, 11) is 0. The highest BCUT2D eigenvalue weighted by molar-refractivity contribution is 8.04. The molecule has 5 rings (SSSR count). The average molecular weight is 456 g/mol.